The molecular formula is C43H36BrClN4O7S. The molecule has 9 rings (SSSR count). The molecule has 4 heterocycles. The maximum absolute atomic E-state index is 15.2. The number of ketones is 1. The summed E-state index contributed by atoms with van der Waals surface area (Å²) < 4.78 is 8.48. The first-order valence-corrected chi connectivity index (χ1v) is 20.5. The first-order valence-electron chi connectivity index (χ1n) is 18.5. The molecule has 4 aliphatic rings. The van der Waals surface area contributed by atoms with E-state index in [0.29, 0.717) is 37.8 Å². The molecule has 6 atom stereocenters. The standard InChI is InChI=1S/C43H36BrClN4O7S/c1-19-27-16-23(45)8-13-33(27)57-38(19)31-18-34(47(4)46-31)49-40(53)29-17-28-25(36(43(29,3)42(49)55)22-14-30(44)37(51)32(15-22)56-5)11-12-26-35(28)41(54)48(39(26)52)24-9-6-21(7-10-24)20(2)50/h6-11,13-16,18,26,28-29,35-36,51H,12,17H2,1-5H3. The third kappa shape index (κ3) is 5.34. The highest BCUT2D eigenvalue weighted by Gasteiger charge is 2.68. The van der Waals surface area contributed by atoms with Crippen LogP contribution in [-0.4, -0.2) is 51.4 Å². The normalized spacial score (nSPS) is 25.5. The molecule has 57 heavy (non-hydrogen) atoms. The Morgan fingerprint density at radius 1 is 1.00 bits per heavy atom. The van der Waals surface area contributed by atoms with Crippen LogP contribution in [0.4, 0.5) is 11.5 Å². The largest absolute Gasteiger partial charge is 0.503 e. The molecule has 2 aliphatic carbocycles. The second-order valence-corrected chi connectivity index (χ2v) is 17.9. The lowest BCUT2D eigenvalue weighted by molar-refractivity contribution is -0.131. The van der Waals surface area contributed by atoms with Gasteiger partial charge in [-0.15, -0.1) is 11.3 Å². The van der Waals surface area contributed by atoms with E-state index in [-0.39, 0.29) is 41.9 Å². The Balaban J connectivity index is 1.16. The van der Waals surface area contributed by atoms with Gasteiger partial charge in [-0.05, 0) is 127 Å². The minimum absolute atomic E-state index is 0.118. The van der Waals surface area contributed by atoms with Crippen molar-refractivity contribution in [2.75, 3.05) is 16.9 Å². The minimum atomic E-state index is -1.34. The zero-order valence-corrected chi connectivity index (χ0v) is 34.7. The Kier molecular flexibility index (Phi) is 8.69. The van der Waals surface area contributed by atoms with Crippen LogP contribution in [0.1, 0.15) is 54.1 Å². The SMILES string of the molecule is COc1cc(C2C3=CCC4C(=O)N(c5ccc(C(C)=O)cc5)C(=O)C4C3CC3C(=O)N(c4cc(-c5sc6ccc(Cl)cc6c5C)nn4C)C(=O)C32C)cc(Br)c1O. The van der Waals surface area contributed by atoms with Crippen molar-refractivity contribution in [1.82, 2.24) is 9.78 Å². The third-order valence-corrected chi connectivity index (χ3v) is 14.8. The average Bonchev–Trinajstić information content (AvgIpc) is 3.86. The Bertz CT molecular complexity index is 2670. The number of rotatable bonds is 6. The number of nitrogens with zero attached hydrogens (tertiary/aromatic N) is 4. The van der Waals surface area contributed by atoms with E-state index in [1.807, 2.05) is 31.2 Å². The van der Waals surface area contributed by atoms with Gasteiger partial charge in [-0.2, -0.15) is 5.10 Å². The summed E-state index contributed by atoms with van der Waals surface area (Å²) in [7, 11) is 3.14. The number of allylic oxidation sites excluding steroid dienone is 2. The smallest absolute Gasteiger partial charge is 0.242 e. The number of imide groups is 2. The number of carbonyl (C=O) groups is 5. The van der Waals surface area contributed by atoms with Crippen molar-refractivity contribution in [1.29, 1.82) is 0 Å². The summed E-state index contributed by atoms with van der Waals surface area (Å²) in [6, 6.07) is 17.3. The Hall–Kier alpha value is -5.11. The molecule has 14 heteroatoms. The number of amides is 4. The summed E-state index contributed by atoms with van der Waals surface area (Å²) in [5.74, 6) is -4.95. The topological polar surface area (TPSA) is 139 Å². The van der Waals surface area contributed by atoms with Crippen molar-refractivity contribution in [3.05, 3.63) is 98.5 Å². The van der Waals surface area contributed by atoms with Gasteiger partial charge in [0, 0.05) is 34.3 Å². The Labute approximate surface area is 345 Å². The molecular weight excluding hydrogens is 832 g/mol. The fraction of sp³-hybridized carbons (Fsp3) is 0.302. The number of benzene rings is 3. The quantitative estimate of drug-likeness (QED) is 0.102. The number of carbonyl (C=O) groups excluding carboxylic acids is 5. The zero-order chi connectivity index (χ0) is 40.4. The molecule has 4 amide bonds. The number of aryl methyl sites for hydroxylation is 2. The molecule has 2 saturated heterocycles. The van der Waals surface area contributed by atoms with Crippen LogP contribution >= 0.6 is 38.9 Å². The van der Waals surface area contributed by atoms with E-state index in [1.165, 1.54) is 23.8 Å². The van der Waals surface area contributed by atoms with Gasteiger partial charge in [-0.1, -0.05) is 23.3 Å². The number of thiophene rings is 1. The number of methoxy groups -OCH3 is 1. The number of fused-ring (bicyclic) bond motifs is 5. The number of Topliss-reactive ketones (excluding diaryl/α,β-unsaturated/α-hetero) is 1. The van der Waals surface area contributed by atoms with Gasteiger partial charge in [0.05, 0.1) is 45.3 Å². The highest BCUT2D eigenvalue weighted by atomic mass is 79.9. The Morgan fingerprint density at radius 2 is 1.74 bits per heavy atom. The molecule has 3 fully saturated rings. The number of anilines is 2. The number of hydrogen-bond acceptors (Lipinski definition) is 9. The number of ether oxygens (including phenoxy) is 1. The first kappa shape index (κ1) is 37.5. The van der Waals surface area contributed by atoms with Gasteiger partial charge in [0.1, 0.15) is 11.5 Å². The fourth-order valence-corrected chi connectivity index (χ4v) is 11.6. The van der Waals surface area contributed by atoms with E-state index in [2.05, 4.69) is 15.9 Å². The summed E-state index contributed by atoms with van der Waals surface area (Å²) in [5, 5.41) is 17.3. The van der Waals surface area contributed by atoms with Crippen LogP contribution in [0.2, 0.25) is 5.02 Å². The summed E-state index contributed by atoms with van der Waals surface area (Å²) in [6.45, 7) is 5.25. The van der Waals surface area contributed by atoms with Gasteiger partial charge < -0.3 is 9.84 Å². The van der Waals surface area contributed by atoms with Crippen molar-refractivity contribution in [3.8, 4) is 22.1 Å². The molecule has 11 nitrogen and oxygen atoms in total. The molecule has 2 aliphatic heterocycles. The van der Waals surface area contributed by atoms with E-state index < -0.39 is 46.8 Å². The molecule has 1 saturated carbocycles. The second-order valence-electron chi connectivity index (χ2n) is 15.5. The lowest BCUT2D eigenvalue weighted by Crippen LogP contribution is -2.49. The molecule has 3 aromatic carbocycles. The van der Waals surface area contributed by atoms with Crippen molar-refractivity contribution in [2.24, 2.45) is 36.1 Å². The second kappa shape index (κ2) is 13.2. The lowest BCUT2D eigenvalue weighted by Gasteiger charge is -2.49. The fourth-order valence-electron chi connectivity index (χ4n) is 9.84. The van der Waals surface area contributed by atoms with Crippen molar-refractivity contribution >= 4 is 89.9 Å². The number of aromatic hydroxyl groups is 1. The van der Waals surface area contributed by atoms with Crippen LogP contribution in [-0.2, 0) is 26.2 Å². The first-order chi connectivity index (χ1) is 27.1. The van der Waals surface area contributed by atoms with Crippen LogP contribution in [0, 0.1) is 36.0 Å². The van der Waals surface area contributed by atoms with Gasteiger partial charge in [0.15, 0.2) is 17.3 Å². The predicted molar refractivity (Wildman–Crippen MR) is 220 cm³/mol. The number of phenols is 1. The van der Waals surface area contributed by atoms with E-state index in [1.54, 1.807) is 72.5 Å². The van der Waals surface area contributed by atoms with E-state index in [9.17, 15) is 24.3 Å². The van der Waals surface area contributed by atoms with Gasteiger partial charge >= 0.3 is 0 Å². The molecule has 6 unspecified atom stereocenters. The maximum atomic E-state index is 15.2. The number of halogens is 2. The molecule has 1 N–H and O–H groups in total. The summed E-state index contributed by atoms with van der Waals surface area (Å²) in [4.78, 5) is 74.1. The van der Waals surface area contributed by atoms with Crippen molar-refractivity contribution in [3.63, 3.8) is 0 Å². The van der Waals surface area contributed by atoms with Crippen LogP contribution in [0.25, 0.3) is 20.7 Å². The van der Waals surface area contributed by atoms with Gasteiger partial charge in [0.25, 0.3) is 0 Å². The summed E-state index contributed by atoms with van der Waals surface area (Å²) in [6.07, 6.45) is 2.39. The van der Waals surface area contributed by atoms with E-state index in [4.69, 9.17) is 21.4 Å². The molecule has 290 valence electrons. The Morgan fingerprint density at radius 3 is 2.44 bits per heavy atom. The third-order valence-electron chi connectivity index (χ3n) is 12.6. The zero-order valence-electron chi connectivity index (χ0n) is 31.5. The summed E-state index contributed by atoms with van der Waals surface area (Å²) in [5.41, 5.74) is 2.49. The molecule has 0 radical (unpaired) electrons. The average molecular weight is 868 g/mol. The van der Waals surface area contributed by atoms with Gasteiger partial charge in [-0.25, -0.2) is 4.90 Å². The lowest BCUT2D eigenvalue weighted by atomic mass is 9.51. The number of hydrogen-bond donors (Lipinski definition) is 1. The highest BCUT2D eigenvalue weighted by Crippen LogP contribution is 2.64. The van der Waals surface area contributed by atoms with Crippen LogP contribution in [0.5, 0.6) is 11.5 Å². The van der Waals surface area contributed by atoms with Crippen molar-refractivity contribution < 1.29 is 33.8 Å². The van der Waals surface area contributed by atoms with E-state index in [0.717, 1.165) is 26.1 Å². The molecule has 2 aromatic heterocycles. The van der Waals surface area contributed by atoms with Crippen LogP contribution < -0.4 is 14.5 Å². The summed E-state index contributed by atoms with van der Waals surface area (Å²) >= 11 is 11.3. The number of phenolic OH excluding ortho intramolecular Hbond substituents is 1. The molecule has 0 spiro atoms. The monoisotopic (exact) mass is 866 g/mol. The van der Waals surface area contributed by atoms with Crippen LogP contribution in [0.3, 0.4) is 0 Å². The predicted octanol–water partition coefficient (Wildman–Crippen LogP) is 8.38. The minimum Gasteiger partial charge on any atom is -0.503 e. The van der Waals surface area contributed by atoms with E-state index >= 15 is 4.79 Å². The highest BCUT2D eigenvalue weighted by molar-refractivity contribution is 9.10. The number of aromatic nitrogens is 2. The molecule has 5 aromatic rings. The van der Waals surface area contributed by atoms with Gasteiger partial charge in [0.2, 0.25) is 23.6 Å². The van der Waals surface area contributed by atoms with Crippen LogP contribution in [0.15, 0.2) is 76.8 Å². The van der Waals surface area contributed by atoms with Gasteiger partial charge in [-0.3, -0.25) is 33.6 Å². The van der Waals surface area contributed by atoms with Crippen molar-refractivity contribution in [2.45, 2.75) is 39.5 Å². The maximum Gasteiger partial charge on any atom is 0.242 e. The molecule has 0 bridgehead atoms.